The molecular weight excluding hydrogens is 638 g/mol. The zero-order valence-electron chi connectivity index (χ0n) is 28.1. The van der Waals surface area contributed by atoms with Crippen LogP contribution < -0.4 is 5.32 Å². The lowest BCUT2D eigenvalue weighted by molar-refractivity contribution is -0.225. The fraction of sp³-hybridized carbons (Fsp3) is 0.657. The number of nitrogens with zero attached hydrogens (tertiary/aromatic N) is 2. The number of hydrogen-bond acceptors (Lipinski definition) is 13. The molecule has 0 bridgehead atoms. The third kappa shape index (κ3) is 4.52. The Balaban J connectivity index is 1.17. The van der Waals surface area contributed by atoms with Crippen molar-refractivity contribution in [2.24, 2.45) is 28.6 Å². The fourth-order valence-corrected chi connectivity index (χ4v) is 10.4. The standard InChI is InChI=1S/C35H43N3O9S/c1-17-13-24(45-30(42)18(17)2)19(3)22-14-27(44-20(4)39)34(43)23-15-28-35(47-28)26(46-29(41)10-12-36-31-38-37-16-48-31)8-7-25(40)33(35,6)21(23)9-11-32(22,34)5/h7-8,14,16,19,21,23-24,26-28,43H,9-13,15H2,1-6H3,(H,36,38)/t19-,21-,23+,24+,26-,27-,28+,32+,33-,34+,35+/m0/s1. The third-order valence-electron chi connectivity index (χ3n) is 12.7. The van der Waals surface area contributed by atoms with Gasteiger partial charge in [0.2, 0.25) is 5.13 Å². The molecule has 48 heavy (non-hydrogen) atoms. The van der Waals surface area contributed by atoms with Crippen molar-refractivity contribution in [1.29, 1.82) is 0 Å². The lowest BCUT2D eigenvalue weighted by atomic mass is 9.42. The van der Waals surface area contributed by atoms with Crippen molar-refractivity contribution in [2.45, 2.75) is 109 Å². The molecule has 2 aliphatic heterocycles. The van der Waals surface area contributed by atoms with Crippen molar-refractivity contribution >= 4 is 40.2 Å². The van der Waals surface area contributed by atoms with E-state index in [0.29, 0.717) is 42.9 Å². The van der Waals surface area contributed by atoms with E-state index in [4.69, 9.17) is 18.9 Å². The van der Waals surface area contributed by atoms with E-state index < -0.39 is 64.3 Å². The quantitative estimate of drug-likeness (QED) is 0.176. The summed E-state index contributed by atoms with van der Waals surface area (Å²) in [6.07, 6.45) is 4.49. The highest BCUT2D eigenvalue weighted by atomic mass is 32.1. The first-order valence-electron chi connectivity index (χ1n) is 16.8. The number of aliphatic hydroxyl groups is 1. The molecule has 3 fully saturated rings. The topological polar surface area (TPSA) is 167 Å². The molecule has 0 unspecified atom stereocenters. The average Bonchev–Trinajstić information content (AvgIpc) is 3.44. The van der Waals surface area contributed by atoms with Gasteiger partial charge in [0.15, 0.2) is 11.9 Å². The van der Waals surface area contributed by atoms with E-state index in [1.807, 2.05) is 33.8 Å². The van der Waals surface area contributed by atoms with E-state index in [2.05, 4.69) is 15.5 Å². The summed E-state index contributed by atoms with van der Waals surface area (Å²) < 4.78 is 24.3. The van der Waals surface area contributed by atoms with Crippen LogP contribution in [0.5, 0.6) is 0 Å². The number of rotatable bonds is 8. The van der Waals surface area contributed by atoms with Gasteiger partial charge in [-0.05, 0) is 70.1 Å². The summed E-state index contributed by atoms with van der Waals surface area (Å²) >= 11 is 1.33. The Morgan fingerprint density at radius 2 is 1.96 bits per heavy atom. The number of allylic oxidation sites excluding steroid dienone is 1. The molecule has 3 heterocycles. The molecule has 1 aromatic rings. The lowest BCUT2D eigenvalue weighted by Gasteiger charge is -2.61. The zero-order valence-corrected chi connectivity index (χ0v) is 28.9. The van der Waals surface area contributed by atoms with Gasteiger partial charge < -0.3 is 29.4 Å². The fourth-order valence-electron chi connectivity index (χ4n) is 9.97. The van der Waals surface area contributed by atoms with Gasteiger partial charge >= 0.3 is 17.9 Å². The monoisotopic (exact) mass is 681 g/mol. The van der Waals surface area contributed by atoms with E-state index in [-0.39, 0.29) is 30.0 Å². The molecule has 7 rings (SSSR count). The molecule has 12 nitrogen and oxygen atoms in total. The Kier molecular flexibility index (Phi) is 7.80. The summed E-state index contributed by atoms with van der Waals surface area (Å²) in [6.45, 7) is 11.2. The second kappa shape index (κ2) is 11.3. The predicted molar refractivity (Wildman–Crippen MR) is 172 cm³/mol. The van der Waals surface area contributed by atoms with Crippen LogP contribution in [0.4, 0.5) is 5.13 Å². The van der Waals surface area contributed by atoms with Gasteiger partial charge in [-0.15, -0.1) is 10.2 Å². The summed E-state index contributed by atoms with van der Waals surface area (Å²) in [5.74, 6) is -2.52. The van der Waals surface area contributed by atoms with Gasteiger partial charge in [-0.2, -0.15) is 0 Å². The van der Waals surface area contributed by atoms with Crippen LogP contribution in [-0.2, 0) is 38.1 Å². The molecule has 0 aromatic carbocycles. The van der Waals surface area contributed by atoms with Gasteiger partial charge in [0.05, 0.1) is 17.9 Å². The molecule has 258 valence electrons. The van der Waals surface area contributed by atoms with Crippen molar-refractivity contribution in [3.8, 4) is 0 Å². The largest absolute Gasteiger partial charge is 0.458 e. The summed E-state index contributed by atoms with van der Waals surface area (Å²) in [7, 11) is 0. The number of esters is 3. The van der Waals surface area contributed by atoms with Crippen LogP contribution in [0.25, 0.3) is 0 Å². The second-order valence-corrected chi connectivity index (χ2v) is 15.6. The third-order valence-corrected chi connectivity index (χ3v) is 13.4. The van der Waals surface area contributed by atoms with E-state index in [0.717, 1.165) is 11.1 Å². The molecule has 0 amide bonds. The van der Waals surface area contributed by atoms with Gasteiger partial charge in [-0.25, -0.2) is 4.79 Å². The van der Waals surface area contributed by atoms with Gasteiger partial charge in [-0.1, -0.05) is 36.3 Å². The average molecular weight is 682 g/mol. The maximum absolute atomic E-state index is 14.0. The molecule has 11 atom stereocenters. The number of nitrogens with one attached hydrogen (secondary N) is 1. The zero-order chi connectivity index (χ0) is 34.4. The number of cyclic esters (lactones) is 1. The smallest absolute Gasteiger partial charge is 0.333 e. The van der Waals surface area contributed by atoms with Crippen molar-refractivity contribution in [3.05, 3.63) is 40.5 Å². The first-order chi connectivity index (χ1) is 22.7. The molecule has 13 heteroatoms. The molecule has 2 N–H and O–H groups in total. The highest BCUT2D eigenvalue weighted by Gasteiger charge is 2.83. The minimum atomic E-state index is -1.56. The normalized spacial score (nSPS) is 41.6. The number of fused-ring (bicyclic) bond motifs is 4. The maximum Gasteiger partial charge on any atom is 0.333 e. The molecule has 0 radical (unpaired) electrons. The van der Waals surface area contributed by atoms with Crippen LogP contribution >= 0.6 is 11.3 Å². The second-order valence-electron chi connectivity index (χ2n) is 14.8. The van der Waals surface area contributed by atoms with E-state index in [9.17, 15) is 24.3 Å². The number of ether oxygens (including phenoxy) is 4. The SMILES string of the molecule is CC(=O)O[C@H]1C=C([C@H](C)[C@H]2CC(C)=C(C)C(=O)O2)[C@@]2(C)CC[C@H]3[C@@H](C[C@H]4O[C@]45[C@@H](OC(=O)CCNc4nncs4)C=CC(=O)[C@]35C)[C@@]12O. The Bertz CT molecular complexity index is 1660. The van der Waals surface area contributed by atoms with Gasteiger partial charge in [0.1, 0.15) is 28.9 Å². The van der Waals surface area contributed by atoms with Crippen LogP contribution in [0, 0.1) is 28.6 Å². The van der Waals surface area contributed by atoms with Crippen LogP contribution in [-0.4, -0.2) is 81.2 Å². The highest BCUT2D eigenvalue weighted by Crippen LogP contribution is 2.74. The summed E-state index contributed by atoms with van der Waals surface area (Å²) in [6, 6.07) is 0. The van der Waals surface area contributed by atoms with Crippen LogP contribution in [0.15, 0.2) is 40.5 Å². The molecule has 6 aliphatic rings. The van der Waals surface area contributed by atoms with Crippen molar-refractivity contribution < 1.29 is 43.2 Å². The highest BCUT2D eigenvalue weighted by molar-refractivity contribution is 7.13. The number of hydrogen-bond donors (Lipinski definition) is 2. The van der Waals surface area contributed by atoms with Crippen LogP contribution in [0.1, 0.15) is 73.6 Å². The van der Waals surface area contributed by atoms with Crippen LogP contribution in [0.2, 0.25) is 0 Å². The molecule has 4 aliphatic carbocycles. The number of carbonyl (C=O) groups excluding carboxylic acids is 4. The summed E-state index contributed by atoms with van der Waals surface area (Å²) in [5, 5.41) is 24.5. The van der Waals surface area contributed by atoms with Crippen molar-refractivity contribution in [3.63, 3.8) is 0 Å². The summed E-state index contributed by atoms with van der Waals surface area (Å²) in [4.78, 5) is 52.2. The van der Waals surface area contributed by atoms with Gasteiger partial charge in [0.25, 0.3) is 0 Å². The lowest BCUT2D eigenvalue weighted by Crippen LogP contribution is -2.70. The number of epoxide rings is 1. The van der Waals surface area contributed by atoms with E-state index in [1.54, 1.807) is 18.5 Å². The Hall–Kier alpha value is -3.42. The van der Waals surface area contributed by atoms with Gasteiger partial charge in [-0.3, -0.25) is 14.4 Å². The van der Waals surface area contributed by atoms with Crippen molar-refractivity contribution in [2.75, 3.05) is 11.9 Å². The number of aromatic nitrogens is 2. The number of ketones is 1. The first kappa shape index (κ1) is 33.1. The van der Waals surface area contributed by atoms with Crippen LogP contribution in [0.3, 0.4) is 0 Å². The molecule has 1 saturated heterocycles. The minimum absolute atomic E-state index is 0.0847. The number of carbonyl (C=O) groups is 4. The predicted octanol–water partition coefficient (Wildman–Crippen LogP) is 3.86. The minimum Gasteiger partial charge on any atom is -0.458 e. The Labute approximate surface area is 283 Å². The van der Waals surface area contributed by atoms with E-state index in [1.165, 1.54) is 24.3 Å². The maximum atomic E-state index is 14.0. The first-order valence-corrected chi connectivity index (χ1v) is 17.7. The Morgan fingerprint density at radius 1 is 1.19 bits per heavy atom. The van der Waals surface area contributed by atoms with E-state index >= 15 is 0 Å². The van der Waals surface area contributed by atoms with Gasteiger partial charge in [0, 0.05) is 36.8 Å². The molecule has 2 saturated carbocycles. The summed E-state index contributed by atoms with van der Waals surface area (Å²) in [5.41, 5.74) is -0.480. The molecule has 1 aromatic heterocycles. The molecular formula is C35H43N3O9S. The number of anilines is 1. The molecule has 1 spiro atoms. The van der Waals surface area contributed by atoms with Crippen molar-refractivity contribution in [1.82, 2.24) is 10.2 Å². The Morgan fingerprint density at radius 3 is 2.65 bits per heavy atom.